The number of benzene rings is 2. The van der Waals surface area contributed by atoms with Crippen molar-refractivity contribution in [3.05, 3.63) is 64.8 Å². The lowest BCUT2D eigenvalue weighted by molar-refractivity contribution is -0.148. The first-order valence-corrected chi connectivity index (χ1v) is 14.9. The zero-order valence-electron chi connectivity index (χ0n) is 23.5. The van der Waals surface area contributed by atoms with E-state index in [4.69, 9.17) is 16.9 Å². The van der Waals surface area contributed by atoms with Crippen LogP contribution in [0, 0.1) is 11.3 Å². The van der Waals surface area contributed by atoms with E-state index in [1.165, 1.54) is 4.90 Å². The van der Waals surface area contributed by atoms with Crippen LogP contribution in [0.15, 0.2) is 48.5 Å². The van der Waals surface area contributed by atoms with Crippen LogP contribution in [0.5, 0.6) is 0 Å². The third kappa shape index (κ3) is 5.66. The van der Waals surface area contributed by atoms with Gasteiger partial charge < -0.3 is 19.7 Å². The van der Waals surface area contributed by atoms with Crippen LogP contribution in [-0.2, 0) is 23.3 Å². The molecule has 3 aliphatic rings. The molecule has 0 aliphatic carbocycles. The Hall–Kier alpha value is -3.75. The van der Waals surface area contributed by atoms with Gasteiger partial charge in [-0.05, 0) is 55.2 Å². The fourth-order valence-electron chi connectivity index (χ4n) is 6.74. The SMILES string of the molecule is N#CCCCn1c(CN2C(=O)C3(CN(C(=O)NC4CCN(CC(F)(F)F)CC4)C3)c3ccccc32)cc2cc(Cl)ccc21. The highest BCUT2D eigenvalue weighted by Gasteiger charge is 2.59. The van der Waals surface area contributed by atoms with Crippen LogP contribution in [0.4, 0.5) is 23.7 Å². The number of anilines is 1. The molecule has 0 bridgehead atoms. The second kappa shape index (κ2) is 11.4. The maximum atomic E-state index is 14.1. The fraction of sp³-hybridized carbons (Fsp3) is 0.452. The highest BCUT2D eigenvalue weighted by atomic mass is 35.5. The summed E-state index contributed by atoms with van der Waals surface area (Å²) in [6, 6.07) is 17.1. The number of para-hydroxylation sites is 1. The number of nitrogens with one attached hydrogen (secondary N) is 1. The summed E-state index contributed by atoms with van der Waals surface area (Å²) in [5, 5.41) is 13.6. The lowest BCUT2D eigenvalue weighted by Gasteiger charge is -2.47. The van der Waals surface area contributed by atoms with Crippen LogP contribution in [-0.4, -0.2) is 71.2 Å². The number of carbonyl (C=O) groups is 2. The number of piperidine rings is 1. The summed E-state index contributed by atoms with van der Waals surface area (Å²) in [7, 11) is 0. The molecule has 1 aromatic heterocycles. The molecule has 0 atom stereocenters. The Morgan fingerprint density at radius 1 is 1.12 bits per heavy atom. The number of rotatable bonds is 7. The van der Waals surface area contributed by atoms with E-state index in [2.05, 4.69) is 16.0 Å². The summed E-state index contributed by atoms with van der Waals surface area (Å²) in [6.07, 6.45) is -2.24. The second-order valence-corrected chi connectivity index (χ2v) is 12.2. The number of carbonyl (C=O) groups excluding carboxylic acids is 2. The predicted octanol–water partition coefficient (Wildman–Crippen LogP) is 5.43. The number of alkyl halides is 3. The lowest BCUT2D eigenvalue weighted by atomic mass is 9.75. The van der Waals surface area contributed by atoms with Crippen LogP contribution in [0.3, 0.4) is 0 Å². The van der Waals surface area contributed by atoms with Gasteiger partial charge in [-0.3, -0.25) is 9.69 Å². The smallest absolute Gasteiger partial charge is 0.343 e. The maximum absolute atomic E-state index is 14.1. The molecule has 1 spiro atoms. The molecule has 0 radical (unpaired) electrons. The van der Waals surface area contributed by atoms with Gasteiger partial charge in [0.25, 0.3) is 0 Å². The molecule has 4 heterocycles. The van der Waals surface area contributed by atoms with E-state index in [0.717, 1.165) is 27.8 Å². The first-order valence-electron chi connectivity index (χ1n) is 14.5. The Morgan fingerprint density at radius 3 is 2.58 bits per heavy atom. The molecule has 43 heavy (non-hydrogen) atoms. The summed E-state index contributed by atoms with van der Waals surface area (Å²) in [5.41, 5.74) is 2.78. The summed E-state index contributed by atoms with van der Waals surface area (Å²) in [4.78, 5) is 32.0. The average Bonchev–Trinajstić information content (AvgIpc) is 3.40. The quantitative estimate of drug-likeness (QED) is 0.361. The van der Waals surface area contributed by atoms with E-state index < -0.39 is 18.1 Å². The number of hydrogen-bond donors (Lipinski definition) is 1. The zero-order valence-corrected chi connectivity index (χ0v) is 24.3. The average molecular weight is 613 g/mol. The van der Waals surface area contributed by atoms with Gasteiger partial charge >= 0.3 is 12.2 Å². The first-order chi connectivity index (χ1) is 20.6. The molecular weight excluding hydrogens is 581 g/mol. The summed E-state index contributed by atoms with van der Waals surface area (Å²) >= 11 is 6.26. The van der Waals surface area contributed by atoms with Crippen molar-refractivity contribution in [2.24, 2.45) is 0 Å². The van der Waals surface area contributed by atoms with E-state index in [1.807, 2.05) is 48.5 Å². The molecule has 226 valence electrons. The Balaban J connectivity index is 1.16. The number of likely N-dealkylation sites (tertiary alicyclic amines) is 2. The lowest BCUT2D eigenvalue weighted by Crippen LogP contribution is -2.67. The van der Waals surface area contributed by atoms with Crippen LogP contribution in [0.2, 0.25) is 5.02 Å². The molecule has 12 heteroatoms. The molecule has 1 N–H and O–H groups in total. The minimum Gasteiger partial charge on any atom is -0.343 e. The number of hydrogen-bond acceptors (Lipinski definition) is 4. The Labute approximate surface area is 252 Å². The number of fused-ring (bicyclic) bond motifs is 3. The highest BCUT2D eigenvalue weighted by Crippen LogP contribution is 2.48. The molecule has 3 aromatic rings. The van der Waals surface area contributed by atoms with Crippen LogP contribution >= 0.6 is 11.6 Å². The standard InChI is InChI=1S/C31H32ClF3N6O2/c32-22-7-8-26-21(15-22)16-24(40(26)12-4-3-11-36)17-41-27-6-2-1-5-25(27)30(28(41)42)18-39(19-30)29(43)37-23-9-13-38(14-10-23)20-31(33,34)35/h1-2,5-8,15-16,23H,3-4,9-10,12-14,17-20H2,(H,37,43). The molecule has 6 rings (SSSR count). The minimum atomic E-state index is -4.23. The molecule has 8 nitrogen and oxygen atoms in total. The molecule has 0 unspecified atom stereocenters. The number of nitrogens with zero attached hydrogens (tertiary/aromatic N) is 5. The summed E-state index contributed by atoms with van der Waals surface area (Å²) < 4.78 is 40.3. The van der Waals surface area contributed by atoms with E-state index >= 15 is 0 Å². The number of aryl methyl sites for hydroxylation is 1. The molecule has 3 amide bonds. The predicted molar refractivity (Wildman–Crippen MR) is 157 cm³/mol. The van der Waals surface area contributed by atoms with Crippen molar-refractivity contribution in [3.63, 3.8) is 0 Å². The minimum absolute atomic E-state index is 0.0647. The summed E-state index contributed by atoms with van der Waals surface area (Å²) in [5.74, 6) is -0.0647. The topological polar surface area (TPSA) is 84.6 Å². The van der Waals surface area contributed by atoms with Crippen molar-refractivity contribution >= 4 is 40.1 Å². The van der Waals surface area contributed by atoms with Crippen molar-refractivity contribution in [1.82, 2.24) is 19.7 Å². The number of unbranched alkanes of at least 4 members (excludes halogenated alkanes) is 1. The van der Waals surface area contributed by atoms with Crippen LogP contribution in [0.1, 0.15) is 36.9 Å². The summed E-state index contributed by atoms with van der Waals surface area (Å²) in [6.45, 7) is 1.04. The fourth-order valence-corrected chi connectivity index (χ4v) is 6.92. The molecule has 2 saturated heterocycles. The van der Waals surface area contributed by atoms with Gasteiger partial charge in [-0.1, -0.05) is 29.8 Å². The molecule has 0 saturated carbocycles. The van der Waals surface area contributed by atoms with E-state index in [0.29, 0.717) is 43.8 Å². The van der Waals surface area contributed by atoms with Gasteiger partial charge in [0.05, 0.1) is 19.2 Å². The van der Waals surface area contributed by atoms with Crippen LogP contribution < -0.4 is 10.2 Å². The number of nitriles is 1. The van der Waals surface area contributed by atoms with E-state index in [-0.39, 0.29) is 44.2 Å². The van der Waals surface area contributed by atoms with Gasteiger partial charge in [-0.25, -0.2) is 4.79 Å². The number of halogens is 4. The second-order valence-electron chi connectivity index (χ2n) is 11.7. The Kier molecular flexibility index (Phi) is 7.77. The molecule has 2 fully saturated rings. The number of aromatic nitrogens is 1. The van der Waals surface area contributed by atoms with Crippen molar-refractivity contribution < 1.29 is 22.8 Å². The number of urea groups is 1. The maximum Gasteiger partial charge on any atom is 0.401 e. The van der Waals surface area contributed by atoms with E-state index in [9.17, 15) is 22.8 Å². The monoisotopic (exact) mass is 612 g/mol. The molecule has 2 aromatic carbocycles. The highest BCUT2D eigenvalue weighted by molar-refractivity contribution is 6.31. The van der Waals surface area contributed by atoms with Gasteiger partial charge in [0.2, 0.25) is 5.91 Å². The van der Waals surface area contributed by atoms with Crippen molar-refractivity contribution in [2.75, 3.05) is 37.6 Å². The first kappa shape index (κ1) is 29.3. The van der Waals surface area contributed by atoms with Gasteiger partial charge in [-0.2, -0.15) is 18.4 Å². The number of amides is 3. The van der Waals surface area contributed by atoms with Crippen molar-refractivity contribution in [2.45, 2.75) is 56.4 Å². The van der Waals surface area contributed by atoms with Gasteiger partial charge in [-0.15, -0.1) is 0 Å². The Bertz CT molecular complexity index is 1580. The zero-order chi connectivity index (χ0) is 30.4. The normalized spacial score (nSPS) is 18.6. The molecular formula is C31H32ClF3N6O2. The largest absolute Gasteiger partial charge is 0.401 e. The molecule has 3 aliphatic heterocycles. The van der Waals surface area contributed by atoms with Gasteiger partial charge in [0.1, 0.15) is 5.41 Å². The van der Waals surface area contributed by atoms with Crippen LogP contribution in [0.25, 0.3) is 10.9 Å². The van der Waals surface area contributed by atoms with Gasteiger partial charge in [0, 0.05) is 72.5 Å². The van der Waals surface area contributed by atoms with Gasteiger partial charge in [0.15, 0.2) is 0 Å². The third-order valence-corrected chi connectivity index (χ3v) is 9.07. The van der Waals surface area contributed by atoms with Crippen molar-refractivity contribution in [3.8, 4) is 6.07 Å². The Morgan fingerprint density at radius 2 is 1.86 bits per heavy atom. The van der Waals surface area contributed by atoms with Crippen molar-refractivity contribution in [1.29, 1.82) is 5.26 Å². The third-order valence-electron chi connectivity index (χ3n) is 8.83. The van der Waals surface area contributed by atoms with E-state index in [1.54, 1.807) is 9.80 Å².